The van der Waals surface area contributed by atoms with Gasteiger partial charge >= 0.3 is 5.97 Å². The monoisotopic (exact) mass is 408 g/mol. The number of hydrogen-bond acceptors (Lipinski definition) is 4. The van der Waals surface area contributed by atoms with Crippen molar-refractivity contribution in [2.24, 2.45) is 23.2 Å². The van der Waals surface area contributed by atoms with Gasteiger partial charge in [0.2, 0.25) is 5.91 Å². The van der Waals surface area contributed by atoms with Gasteiger partial charge in [0.25, 0.3) is 0 Å². The Labute approximate surface area is 178 Å². The van der Waals surface area contributed by atoms with Gasteiger partial charge in [0.1, 0.15) is 0 Å². The summed E-state index contributed by atoms with van der Waals surface area (Å²) in [5.74, 6) is 2.67. The number of fused-ring (bicyclic) bond motifs is 2. The molecule has 0 aromatic heterocycles. The van der Waals surface area contributed by atoms with Crippen molar-refractivity contribution in [3.63, 3.8) is 0 Å². The zero-order valence-electron chi connectivity index (χ0n) is 17.9. The van der Waals surface area contributed by atoms with Gasteiger partial charge in [-0.05, 0) is 93.9 Å². The summed E-state index contributed by atoms with van der Waals surface area (Å²) < 4.78 is 5.09. The molecule has 4 aliphatic carbocycles. The second-order valence-electron chi connectivity index (χ2n) is 10.6. The van der Waals surface area contributed by atoms with Crippen LogP contribution in [0.3, 0.4) is 0 Å². The topological polar surface area (TPSA) is 49.9 Å². The molecule has 2 saturated heterocycles. The summed E-state index contributed by atoms with van der Waals surface area (Å²) in [6, 6.07) is 8.52. The van der Waals surface area contributed by atoms with E-state index < -0.39 is 0 Å². The molecule has 1 aromatic carbocycles. The largest absolute Gasteiger partial charge is 0.462 e. The van der Waals surface area contributed by atoms with Crippen LogP contribution in [0.4, 0.5) is 5.69 Å². The number of nitrogens with zero attached hydrogens (tertiary/aromatic N) is 2. The highest BCUT2D eigenvalue weighted by Gasteiger charge is 2.58. The molecular formula is C25H32N2O3. The first-order chi connectivity index (χ1) is 14.5. The first-order valence-corrected chi connectivity index (χ1v) is 11.9. The molecule has 2 unspecified atom stereocenters. The first-order valence-electron chi connectivity index (χ1n) is 11.9. The lowest BCUT2D eigenvalue weighted by molar-refractivity contribution is -0.158. The highest BCUT2D eigenvalue weighted by atomic mass is 16.5. The van der Waals surface area contributed by atoms with Crippen molar-refractivity contribution in [1.82, 2.24) is 4.90 Å². The number of carbonyl (C=O) groups excluding carboxylic acids is 2. The van der Waals surface area contributed by atoms with Crippen molar-refractivity contribution >= 4 is 17.6 Å². The molecule has 7 rings (SSSR count). The van der Waals surface area contributed by atoms with Crippen LogP contribution in [-0.4, -0.2) is 48.6 Å². The van der Waals surface area contributed by atoms with Crippen molar-refractivity contribution in [2.75, 3.05) is 24.6 Å². The number of hydrogen-bond donors (Lipinski definition) is 0. The van der Waals surface area contributed by atoms with Gasteiger partial charge in [-0.2, -0.15) is 0 Å². The SMILES string of the molecule is CCOC(=O)c1ccc(N2CC3CC2CN3C(=O)C23CC4CC(CC(C4)C2)C3)cc1. The van der Waals surface area contributed by atoms with Crippen LogP contribution >= 0.6 is 0 Å². The Morgan fingerprint density at radius 1 is 0.933 bits per heavy atom. The maximum absolute atomic E-state index is 13.8. The Morgan fingerprint density at radius 3 is 2.10 bits per heavy atom. The summed E-state index contributed by atoms with van der Waals surface area (Å²) in [6.07, 6.45) is 8.70. The molecule has 2 aliphatic heterocycles. The van der Waals surface area contributed by atoms with Crippen molar-refractivity contribution in [1.29, 1.82) is 0 Å². The number of ether oxygens (including phenoxy) is 1. The van der Waals surface area contributed by atoms with Crippen LogP contribution in [0, 0.1) is 23.2 Å². The fourth-order valence-corrected chi connectivity index (χ4v) is 7.91. The fourth-order valence-electron chi connectivity index (χ4n) is 7.91. The molecule has 160 valence electrons. The average molecular weight is 409 g/mol. The van der Waals surface area contributed by atoms with Gasteiger partial charge < -0.3 is 14.5 Å². The third-order valence-corrected chi connectivity index (χ3v) is 8.70. The van der Waals surface area contributed by atoms with E-state index in [0.717, 1.165) is 62.2 Å². The Balaban J connectivity index is 1.15. The molecule has 30 heavy (non-hydrogen) atoms. The number of rotatable bonds is 4. The highest BCUT2D eigenvalue weighted by Crippen LogP contribution is 2.61. The van der Waals surface area contributed by atoms with E-state index in [1.807, 2.05) is 31.2 Å². The lowest BCUT2D eigenvalue weighted by Crippen LogP contribution is -2.58. The highest BCUT2D eigenvalue weighted by molar-refractivity contribution is 5.90. The van der Waals surface area contributed by atoms with Gasteiger partial charge in [-0.15, -0.1) is 0 Å². The predicted molar refractivity (Wildman–Crippen MR) is 114 cm³/mol. The van der Waals surface area contributed by atoms with Gasteiger partial charge in [0.15, 0.2) is 0 Å². The van der Waals surface area contributed by atoms with Crippen molar-refractivity contribution in [3.8, 4) is 0 Å². The Morgan fingerprint density at radius 2 is 1.57 bits per heavy atom. The van der Waals surface area contributed by atoms with Crippen LogP contribution in [0.5, 0.6) is 0 Å². The zero-order valence-corrected chi connectivity index (χ0v) is 17.9. The minimum absolute atomic E-state index is 0.0225. The maximum atomic E-state index is 13.8. The van der Waals surface area contributed by atoms with E-state index in [4.69, 9.17) is 4.74 Å². The van der Waals surface area contributed by atoms with Crippen LogP contribution in [0.25, 0.3) is 0 Å². The summed E-state index contributed by atoms with van der Waals surface area (Å²) in [6.45, 7) is 4.00. The van der Waals surface area contributed by atoms with Crippen LogP contribution < -0.4 is 4.90 Å². The molecule has 0 spiro atoms. The predicted octanol–water partition coefficient (Wildman–Crippen LogP) is 3.87. The molecule has 1 amide bonds. The van der Waals surface area contributed by atoms with Gasteiger partial charge in [-0.25, -0.2) is 4.79 Å². The third kappa shape index (κ3) is 2.80. The fraction of sp³-hybridized carbons (Fsp3) is 0.680. The molecule has 2 heterocycles. The van der Waals surface area contributed by atoms with E-state index >= 15 is 0 Å². The van der Waals surface area contributed by atoms with Gasteiger partial charge in [0, 0.05) is 24.8 Å². The molecule has 6 fully saturated rings. The van der Waals surface area contributed by atoms with Gasteiger partial charge in [0.05, 0.1) is 23.6 Å². The minimum atomic E-state index is -0.265. The average Bonchev–Trinajstić information content (AvgIpc) is 3.33. The minimum Gasteiger partial charge on any atom is -0.462 e. The summed E-state index contributed by atoms with van der Waals surface area (Å²) in [5, 5.41) is 0. The molecule has 1 aromatic rings. The number of amides is 1. The molecule has 6 aliphatic rings. The number of esters is 1. The van der Waals surface area contributed by atoms with E-state index in [9.17, 15) is 9.59 Å². The van der Waals surface area contributed by atoms with Crippen molar-refractivity contribution < 1.29 is 14.3 Å². The zero-order chi connectivity index (χ0) is 20.5. The first kappa shape index (κ1) is 18.7. The van der Waals surface area contributed by atoms with E-state index in [1.54, 1.807) is 0 Å². The van der Waals surface area contributed by atoms with Crippen molar-refractivity contribution in [3.05, 3.63) is 29.8 Å². The second-order valence-corrected chi connectivity index (χ2v) is 10.6. The summed E-state index contributed by atoms with van der Waals surface area (Å²) in [4.78, 5) is 30.4. The van der Waals surface area contributed by atoms with Crippen molar-refractivity contribution in [2.45, 2.75) is 64.0 Å². The van der Waals surface area contributed by atoms with Gasteiger partial charge in [-0.3, -0.25) is 4.79 Å². The molecule has 0 radical (unpaired) electrons. The normalized spacial score (nSPS) is 38.4. The van der Waals surface area contributed by atoms with Gasteiger partial charge in [-0.1, -0.05) is 0 Å². The van der Waals surface area contributed by atoms with E-state index in [-0.39, 0.29) is 11.4 Å². The molecule has 5 heteroatoms. The number of carbonyl (C=O) groups is 2. The maximum Gasteiger partial charge on any atom is 0.338 e. The number of anilines is 1. The molecular weight excluding hydrogens is 376 g/mol. The quantitative estimate of drug-likeness (QED) is 0.710. The molecule has 2 atom stereocenters. The summed E-state index contributed by atoms with van der Waals surface area (Å²) in [7, 11) is 0. The lowest BCUT2D eigenvalue weighted by Gasteiger charge is -2.57. The van der Waals surface area contributed by atoms with Crippen LogP contribution in [0.15, 0.2) is 24.3 Å². The molecule has 6 bridgehead atoms. The van der Waals surface area contributed by atoms with E-state index in [1.165, 1.54) is 19.3 Å². The van der Waals surface area contributed by atoms with Crippen LogP contribution in [-0.2, 0) is 9.53 Å². The number of benzene rings is 1. The smallest absolute Gasteiger partial charge is 0.338 e. The molecule has 0 N–H and O–H groups in total. The number of likely N-dealkylation sites (tertiary alicyclic amines) is 1. The Hall–Kier alpha value is -2.04. The Kier molecular flexibility index (Phi) is 4.20. The number of piperazine rings is 1. The standard InChI is InChI=1S/C25H32N2O3/c1-2-30-23(28)19-3-5-20(6-4-19)26-14-22-10-21(26)15-27(22)24(29)25-11-16-7-17(12-25)9-18(8-16)13-25/h3-6,16-18,21-22H,2,7-15H2,1H3. The third-order valence-electron chi connectivity index (χ3n) is 8.70. The summed E-state index contributed by atoms with van der Waals surface area (Å²) >= 11 is 0. The van der Waals surface area contributed by atoms with Crippen LogP contribution in [0.2, 0.25) is 0 Å². The summed E-state index contributed by atoms with van der Waals surface area (Å²) in [5.41, 5.74) is 1.73. The van der Waals surface area contributed by atoms with E-state index in [0.29, 0.717) is 30.2 Å². The molecule has 5 nitrogen and oxygen atoms in total. The van der Waals surface area contributed by atoms with Crippen LogP contribution in [0.1, 0.15) is 62.2 Å². The van der Waals surface area contributed by atoms with E-state index in [2.05, 4.69) is 9.80 Å². The lowest BCUT2D eigenvalue weighted by atomic mass is 9.49. The molecule has 4 saturated carbocycles. The Bertz CT molecular complexity index is 828. The second kappa shape index (κ2) is 6.73.